The molecule has 0 saturated carbocycles. The van der Waals surface area contributed by atoms with Gasteiger partial charge in [-0.2, -0.15) is 0 Å². The second-order valence-electron chi connectivity index (χ2n) is 6.80. The summed E-state index contributed by atoms with van der Waals surface area (Å²) < 4.78 is 52.3. The van der Waals surface area contributed by atoms with Crippen molar-refractivity contribution in [3.63, 3.8) is 0 Å². The molecule has 3 N–H and O–H groups in total. The van der Waals surface area contributed by atoms with E-state index in [0.717, 1.165) is 17.0 Å². The van der Waals surface area contributed by atoms with Gasteiger partial charge in [0.25, 0.3) is 0 Å². The van der Waals surface area contributed by atoms with E-state index in [1.54, 1.807) is 24.3 Å². The van der Waals surface area contributed by atoms with Crippen molar-refractivity contribution in [3.05, 3.63) is 69.3 Å². The predicted molar refractivity (Wildman–Crippen MR) is 112 cm³/mol. The molecule has 0 aliphatic heterocycles. The number of ether oxygens (including phenoxy) is 1. The van der Waals surface area contributed by atoms with Gasteiger partial charge in [-0.15, -0.1) is 0 Å². The molecule has 0 saturated heterocycles. The van der Waals surface area contributed by atoms with Crippen LogP contribution in [-0.2, 0) is 24.3 Å². The van der Waals surface area contributed by atoms with Crippen LogP contribution in [0.2, 0.25) is 0 Å². The number of amides is 1. The van der Waals surface area contributed by atoms with Crippen LogP contribution in [0.3, 0.4) is 0 Å². The Labute approximate surface area is 178 Å². The standard InChI is InChI=1S/C20H19F2N3O5S/c1-25(2)20(27)30-18-9-17-13(8-16(18)22)15(10-21)14(19(26)29-17)7-11-4-3-5-12(6-11)24-31(23)28/h3-6,8-9,24H,7,10,23H2,1-2H3. The number of hydrogen-bond acceptors (Lipinski definition) is 5. The lowest BCUT2D eigenvalue weighted by molar-refractivity contribution is 0.170. The number of nitrogens with one attached hydrogen (secondary N) is 1. The first kappa shape index (κ1) is 22.4. The number of benzene rings is 2. The van der Waals surface area contributed by atoms with Crippen molar-refractivity contribution >= 4 is 33.9 Å². The maximum absolute atomic E-state index is 14.5. The first-order chi connectivity index (χ1) is 14.7. The van der Waals surface area contributed by atoms with Gasteiger partial charge in [-0.05, 0) is 23.8 Å². The quantitative estimate of drug-likeness (QED) is 0.559. The highest BCUT2D eigenvalue weighted by Gasteiger charge is 2.20. The Morgan fingerprint density at radius 1 is 1.26 bits per heavy atom. The van der Waals surface area contributed by atoms with Crippen LogP contribution in [0.4, 0.5) is 19.3 Å². The molecule has 0 aliphatic rings. The summed E-state index contributed by atoms with van der Waals surface area (Å²) in [6, 6.07) is 8.55. The van der Waals surface area contributed by atoms with E-state index in [1.165, 1.54) is 14.1 Å². The molecule has 0 aliphatic carbocycles. The summed E-state index contributed by atoms with van der Waals surface area (Å²) >= 11 is -1.78. The lowest BCUT2D eigenvalue weighted by Gasteiger charge is -2.13. The second-order valence-corrected chi connectivity index (χ2v) is 7.60. The maximum Gasteiger partial charge on any atom is 0.414 e. The zero-order valence-corrected chi connectivity index (χ0v) is 17.4. The van der Waals surface area contributed by atoms with Crippen LogP contribution in [0.25, 0.3) is 11.0 Å². The van der Waals surface area contributed by atoms with Gasteiger partial charge >= 0.3 is 11.7 Å². The van der Waals surface area contributed by atoms with Crippen molar-refractivity contribution in [2.75, 3.05) is 18.8 Å². The predicted octanol–water partition coefficient (Wildman–Crippen LogP) is 3.00. The van der Waals surface area contributed by atoms with Crippen molar-refractivity contribution in [2.24, 2.45) is 5.14 Å². The molecule has 1 aromatic heterocycles. The van der Waals surface area contributed by atoms with Gasteiger partial charge in [-0.1, -0.05) is 12.1 Å². The molecule has 0 radical (unpaired) electrons. The first-order valence-electron chi connectivity index (χ1n) is 8.94. The topological polar surface area (TPSA) is 115 Å². The van der Waals surface area contributed by atoms with Crippen LogP contribution in [0, 0.1) is 5.82 Å². The third-order valence-corrected chi connectivity index (χ3v) is 4.83. The number of nitrogens with two attached hydrogens (primary N) is 1. The van der Waals surface area contributed by atoms with Gasteiger partial charge in [0.05, 0.1) is 0 Å². The van der Waals surface area contributed by atoms with Crippen LogP contribution in [-0.4, -0.2) is 29.3 Å². The Balaban J connectivity index is 2.05. The second kappa shape index (κ2) is 9.23. The van der Waals surface area contributed by atoms with Crippen molar-refractivity contribution in [1.82, 2.24) is 4.90 Å². The zero-order valence-electron chi connectivity index (χ0n) is 16.6. The van der Waals surface area contributed by atoms with E-state index in [0.29, 0.717) is 11.3 Å². The van der Waals surface area contributed by atoms with Gasteiger partial charge in [-0.3, -0.25) is 4.72 Å². The van der Waals surface area contributed by atoms with E-state index in [-0.39, 0.29) is 28.5 Å². The Hall–Kier alpha value is -3.31. The van der Waals surface area contributed by atoms with Crippen LogP contribution in [0.5, 0.6) is 5.75 Å². The number of carbonyl (C=O) groups is 1. The minimum absolute atomic E-state index is 0.0107. The molecule has 0 fully saturated rings. The molecular weight excluding hydrogens is 432 g/mol. The third kappa shape index (κ3) is 5.06. The molecular formula is C20H19F2N3O5S. The van der Waals surface area contributed by atoms with Gasteiger partial charge in [0, 0.05) is 48.8 Å². The van der Waals surface area contributed by atoms with Gasteiger partial charge in [0.15, 0.2) is 22.7 Å². The fraction of sp³-hybridized carbons (Fsp3) is 0.200. The Morgan fingerprint density at radius 3 is 2.65 bits per heavy atom. The van der Waals surface area contributed by atoms with Crippen molar-refractivity contribution in [3.8, 4) is 5.75 Å². The summed E-state index contributed by atoms with van der Waals surface area (Å²) in [5.41, 5.74) is 0.100. The SMILES string of the molecule is CN(C)C(=O)Oc1cc2oc(=O)c(Cc3cccc(NS(N)=O)c3)c(CF)c2cc1F. The van der Waals surface area contributed by atoms with E-state index >= 15 is 0 Å². The van der Waals surface area contributed by atoms with Crippen LogP contribution in [0.15, 0.2) is 45.6 Å². The molecule has 1 atom stereocenters. The third-order valence-electron chi connectivity index (χ3n) is 4.39. The Bertz CT molecular complexity index is 1230. The molecule has 8 nitrogen and oxygen atoms in total. The average molecular weight is 451 g/mol. The van der Waals surface area contributed by atoms with Gasteiger partial charge in [-0.25, -0.2) is 27.7 Å². The summed E-state index contributed by atoms with van der Waals surface area (Å²) in [6.07, 6.45) is -0.835. The minimum atomic E-state index is -1.78. The van der Waals surface area contributed by atoms with E-state index < -0.39 is 41.1 Å². The molecule has 2 aromatic carbocycles. The van der Waals surface area contributed by atoms with E-state index in [4.69, 9.17) is 14.3 Å². The highest BCUT2D eigenvalue weighted by atomic mass is 32.2. The molecule has 1 amide bonds. The van der Waals surface area contributed by atoms with E-state index in [2.05, 4.69) is 4.72 Å². The normalized spacial score (nSPS) is 11.9. The first-order valence-corrected chi connectivity index (χ1v) is 10.2. The van der Waals surface area contributed by atoms with Gasteiger partial charge < -0.3 is 14.1 Å². The number of hydrogen-bond donors (Lipinski definition) is 2. The minimum Gasteiger partial charge on any atom is -0.422 e. The molecule has 31 heavy (non-hydrogen) atoms. The maximum atomic E-state index is 14.5. The molecule has 3 aromatic rings. The molecule has 11 heteroatoms. The highest BCUT2D eigenvalue weighted by molar-refractivity contribution is 7.84. The summed E-state index contributed by atoms with van der Waals surface area (Å²) in [4.78, 5) is 25.4. The molecule has 0 bridgehead atoms. The van der Waals surface area contributed by atoms with Crippen molar-refractivity contribution in [1.29, 1.82) is 0 Å². The van der Waals surface area contributed by atoms with Crippen LogP contribution in [0.1, 0.15) is 16.7 Å². The Morgan fingerprint density at radius 2 is 2.00 bits per heavy atom. The lowest BCUT2D eigenvalue weighted by Crippen LogP contribution is -2.25. The average Bonchev–Trinajstić information content (AvgIpc) is 2.69. The van der Waals surface area contributed by atoms with Gasteiger partial charge in [0.2, 0.25) is 0 Å². The molecule has 1 unspecified atom stereocenters. The number of alkyl halides is 1. The molecule has 1 heterocycles. The van der Waals surface area contributed by atoms with Gasteiger partial charge in [0.1, 0.15) is 12.3 Å². The number of fused-ring (bicyclic) bond motifs is 1. The monoisotopic (exact) mass is 451 g/mol. The van der Waals surface area contributed by atoms with Crippen molar-refractivity contribution in [2.45, 2.75) is 13.1 Å². The molecule has 0 spiro atoms. The number of anilines is 1. The highest BCUT2D eigenvalue weighted by Crippen LogP contribution is 2.29. The van der Waals surface area contributed by atoms with Crippen LogP contribution < -0.4 is 20.2 Å². The Kier molecular flexibility index (Phi) is 6.66. The molecule has 164 valence electrons. The van der Waals surface area contributed by atoms with E-state index in [1.807, 2.05) is 0 Å². The smallest absolute Gasteiger partial charge is 0.414 e. The zero-order chi connectivity index (χ0) is 22.7. The lowest BCUT2D eigenvalue weighted by atomic mass is 9.99. The van der Waals surface area contributed by atoms with Crippen molar-refractivity contribution < 1.29 is 26.9 Å². The summed E-state index contributed by atoms with van der Waals surface area (Å²) in [5.74, 6) is -1.35. The number of halogens is 2. The summed E-state index contributed by atoms with van der Waals surface area (Å²) in [7, 11) is 2.84. The summed E-state index contributed by atoms with van der Waals surface area (Å²) in [6.45, 7) is -1.04. The fourth-order valence-corrected chi connectivity index (χ4v) is 3.32. The van der Waals surface area contributed by atoms with E-state index in [9.17, 15) is 22.6 Å². The van der Waals surface area contributed by atoms with Crippen LogP contribution >= 0.6 is 0 Å². The number of carbonyl (C=O) groups excluding carboxylic acids is 1. The molecule has 3 rings (SSSR count). The number of rotatable bonds is 6. The fourth-order valence-electron chi connectivity index (χ4n) is 2.96. The number of nitrogens with zero attached hydrogens (tertiary/aromatic N) is 1. The largest absolute Gasteiger partial charge is 0.422 e. The summed E-state index contributed by atoms with van der Waals surface area (Å²) in [5, 5.41) is 5.26.